The SMILES string of the molecule is O=C(CSc1cccc2cccc(Cl)c12)Nc1cccc(NC(=O)c2ccco2)c1. The molecule has 7 heteroatoms. The maximum atomic E-state index is 12.5. The van der Waals surface area contributed by atoms with Gasteiger partial charge in [-0.25, -0.2) is 0 Å². The summed E-state index contributed by atoms with van der Waals surface area (Å²) >= 11 is 7.77. The molecule has 30 heavy (non-hydrogen) atoms. The normalized spacial score (nSPS) is 10.7. The summed E-state index contributed by atoms with van der Waals surface area (Å²) in [7, 11) is 0. The van der Waals surface area contributed by atoms with E-state index in [1.54, 1.807) is 36.4 Å². The summed E-state index contributed by atoms with van der Waals surface area (Å²) in [6, 6.07) is 21.8. The number of benzene rings is 3. The Bertz CT molecular complexity index is 1200. The van der Waals surface area contributed by atoms with E-state index in [9.17, 15) is 9.59 Å². The fourth-order valence-electron chi connectivity index (χ4n) is 3.00. The van der Waals surface area contributed by atoms with E-state index in [2.05, 4.69) is 10.6 Å². The average molecular weight is 437 g/mol. The number of hydrogen-bond acceptors (Lipinski definition) is 4. The molecule has 0 fully saturated rings. The molecule has 5 nitrogen and oxygen atoms in total. The second-order valence-corrected chi connectivity index (χ2v) is 7.87. The minimum Gasteiger partial charge on any atom is -0.459 e. The van der Waals surface area contributed by atoms with Crippen molar-refractivity contribution < 1.29 is 14.0 Å². The van der Waals surface area contributed by atoms with Gasteiger partial charge in [-0.15, -0.1) is 11.8 Å². The highest BCUT2D eigenvalue weighted by Crippen LogP contribution is 2.33. The lowest BCUT2D eigenvalue weighted by Gasteiger charge is -2.10. The van der Waals surface area contributed by atoms with Crippen molar-refractivity contribution >= 4 is 57.3 Å². The van der Waals surface area contributed by atoms with Gasteiger partial charge in [0.1, 0.15) is 0 Å². The predicted octanol–water partition coefficient (Wildman–Crippen LogP) is 6.07. The third-order valence-corrected chi connectivity index (χ3v) is 5.70. The van der Waals surface area contributed by atoms with Gasteiger partial charge in [-0.2, -0.15) is 0 Å². The number of carbonyl (C=O) groups excluding carboxylic acids is 2. The molecule has 0 aliphatic rings. The molecule has 0 aliphatic heterocycles. The Morgan fingerprint density at radius 1 is 0.900 bits per heavy atom. The van der Waals surface area contributed by atoms with E-state index >= 15 is 0 Å². The van der Waals surface area contributed by atoms with Crippen LogP contribution in [0.4, 0.5) is 11.4 Å². The number of thioether (sulfide) groups is 1. The van der Waals surface area contributed by atoms with Gasteiger partial charge in [-0.05, 0) is 47.9 Å². The third kappa shape index (κ3) is 4.67. The lowest BCUT2D eigenvalue weighted by Crippen LogP contribution is -2.15. The van der Waals surface area contributed by atoms with Gasteiger partial charge in [0, 0.05) is 26.7 Å². The highest BCUT2D eigenvalue weighted by atomic mass is 35.5. The lowest BCUT2D eigenvalue weighted by atomic mass is 10.1. The Morgan fingerprint density at radius 2 is 1.63 bits per heavy atom. The van der Waals surface area contributed by atoms with Crippen LogP contribution in [0.2, 0.25) is 5.02 Å². The van der Waals surface area contributed by atoms with Gasteiger partial charge in [0.05, 0.1) is 12.0 Å². The minimum absolute atomic E-state index is 0.154. The molecular formula is C23H17ClN2O3S. The molecular weight excluding hydrogens is 420 g/mol. The molecule has 1 heterocycles. The molecule has 0 radical (unpaired) electrons. The summed E-state index contributed by atoms with van der Waals surface area (Å²) < 4.78 is 5.08. The summed E-state index contributed by atoms with van der Waals surface area (Å²) in [6.45, 7) is 0. The molecule has 0 spiro atoms. The first-order valence-corrected chi connectivity index (χ1v) is 10.5. The van der Waals surface area contributed by atoms with E-state index in [4.69, 9.17) is 16.0 Å². The van der Waals surface area contributed by atoms with Crippen molar-refractivity contribution in [2.75, 3.05) is 16.4 Å². The van der Waals surface area contributed by atoms with Gasteiger partial charge < -0.3 is 15.1 Å². The molecule has 3 aromatic carbocycles. The first kappa shape index (κ1) is 20.1. The lowest BCUT2D eigenvalue weighted by molar-refractivity contribution is -0.113. The molecule has 0 unspecified atom stereocenters. The number of carbonyl (C=O) groups is 2. The van der Waals surface area contributed by atoms with Crippen LogP contribution in [0.25, 0.3) is 10.8 Å². The van der Waals surface area contributed by atoms with Gasteiger partial charge >= 0.3 is 0 Å². The molecule has 1 aromatic heterocycles. The van der Waals surface area contributed by atoms with Crippen molar-refractivity contribution in [3.63, 3.8) is 0 Å². The second kappa shape index (κ2) is 9.07. The topological polar surface area (TPSA) is 71.3 Å². The first-order chi connectivity index (χ1) is 14.6. The highest BCUT2D eigenvalue weighted by molar-refractivity contribution is 8.00. The van der Waals surface area contributed by atoms with E-state index in [1.807, 2.05) is 36.4 Å². The van der Waals surface area contributed by atoms with Crippen molar-refractivity contribution in [1.29, 1.82) is 0 Å². The molecule has 0 atom stereocenters. The fraction of sp³-hybridized carbons (Fsp3) is 0.0435. The monoisotopic (exact) mass is 436 g/mol. The van der Waals surface area contributed by atoms with Crippen LogP contribution in [0, 0.1) is 0 Å². The molecule has 2 amide bonds. The van der Waals surface area contributed by atoms with Crippen LogP contribution < -0.4 is 10.6 Å². The number of nitrogens with one attached hydrogen (secondary N) is 2. The summed E-state index contributed by atoms with van der Waals surface area (Å²) in [6.07, 6.45) is 1.44. The van der Waals surface area contributed by atoms with Crippen molar-refractivity contribution in [3.8, 4) is 0 Å². The van der Waals surface area contributed by atoms with E-state index in [0.717, 1.165) is 15.7 Å². The second-order valence-electron chi connectivity index (χ2n) is 6.44. The Hall–Kier alpha value is -3.22. The average Bonchev–Trinajstić information content (AvgIpc) is 3.28. The van der Waals surface area contributed by atoms with Crippen LogP contribution in [0.3, 0.4) is 0 Å². The number of fused-ring (bicyclic) bond motifs is 1. The van der Waals surface area contributed by atoms with E-state index < -0.39 is 0 Å². The molecule has 150 valence electrons. The summed E-state index contributed by atoms with van der Waals surface area (Å²) in [4.78, 5) is 25.5. The van der Waals surface area contributed by atoms with Crippen LogP contribution >= 0.6 is 23.4 Å². The quantitative estimate of drug-likeness (QED) is 0.360. The Labute approximate surface area is 182 Å². The van der Waals surface area contributed by atoms with Crippen molar-refractivity contribution in [2.45, 2.75) is 4.90 Å². The van der Waals surface area contributed by atoms with Gasteiger partial charge in [-0.1, -0.05) is 41.9 Å². The van der Waals surface area contributed by atoms with E-state index in [-0.39, 0.29) is 23.3 Å². The zero-order valence-corrected chi connectivity index (χ0v) is 17.3. The first-order valence-electron chi connectivity index (χ1n) is 9.15. The number of rotatable bonds is 6. The van der Waals surface area contributed by atoms with E-state index in [1.165, 1.54) is 18.0 Å². The fourth-order valence-corrected chi connectivity index (χ4v) is 4.24. The molecule has 0 saturated heterocycles. The summed E-state index contributed by atoms with van der Waals surface area (Å²) in [5.41, 5.74) is 1.15. The number of amides is 2. The van der Waals surface area contributed by atoms with Crippen molar-refractivity contribution in [3.05, 3.63) is 89.8 Å². The highest BCUT2D eigenvalue weighted by Gasteiger charge is 2.11. The summed E-state index contributed by atoms with van der Waals surface area (Å²) in [5.74, 6) is -0.0622. The number of anilines is 2. The van der Waals surface area contributed by atoms with Crippen LogP contribution in [-0.4, -0.2) is 17.6 Å². The summed E-state index contributed by atoms with van der Waals surface area (Å²) in [5, 5.41) is 8.24. The molecule has 2 N–H and O–H groups in total. The number of hydrogen-bond donors (Lipinski definition) is 2. The molecule has 0 aliphatic carbocycles. The molecule has 4 aromatic rings. The van der Waals surface area contributed by atoms with Crippen molar-refractivity contribution in [2.24, 2.45) is 0 Å². The van der Waals surface area contributed by atoms with E-state index in [0.29, 0.717) is 16.4 Å². The number of halogens is 1. The van der Waals surface area contributed by atoms with Crippen LogP contribution in [-0.2, 0) is 4.79 Å². The molecule has 0 bridgehead atoms. The number of furan rings is 1. The van der Waals surface area contributed by atoms with Gasteiger partial charge in [-0.3, -0.25) is 9.59 Å². The Kier molecular flexibility index (Phi) is 6.07. The molecule has 4 rings (SSSR count). The third-order valence-electron chi connectivity index (χ3n) is 4.32. The zero-order chi connectivity index (χ0) is 20.9. The largest absolute Gasteiger partial charge is 0.459 e. The molecule has 0 saturated carbocycles. The smallest absolute Gasteiger partial charge is 0.291 e. The van der Waals surface area contributed by atoms with Gasteiger partial charge in [0.2, 0.25) is 5.91 Å². The van der Waals surface area contributed by atoms with Gasteiger partial charge in [0.25, 0.3) is 5.91 Å². The van der Waals surface area contributed by atoms with Gasteiger partial charge in [0.15, 0.2) is 5.76 Å². The maximum absolute atomic E-state index is 12.5. The standard InChI is InChI=1S/C23H17ClN2O3S/c24-18-9-1-5-15-6-2-11-20(22(15)18)30-14-21(27)25-16-7-3-8-17(13-16)26-23(28)19-10-4-12-29-19/h1-13H,14H2,(H,25,27)(H,26,28). The predicted molar refractivity (Wildman–Crippen MR) is 121 cm³/mol. The minimum atomic E-state index is -0.355. The maximum Gasteiger partial charge on any atom is 0.291 e. The Balaban J connectivity index is 1.40. The van der Waals surface area contributed by atoms with Crippen LogP contribution in [0.5, 0.6) is 0 Å². The van der Waals surface area contributed by atoms with Crippen LogP contribution in [0.15, 0.2) is 88.4 Å². The van der Waals surface area contributed by atoms with Crippen molar-refractivity contribution in [1.82, 2.24) is 0 Å². The Morgan fingerprint density at radius 3 is 2.40 bits per heavy atom. The zero-order valence-electron chi connectivity index (χ0n) is 15.7. The van der Waals surface area contributed by atoms with Crippen LogP contribution in [0.1, 0.15) is 10.6 Å².